The molecule has 0 amide bonds. The van der Waals surface area contributed by atoms with E-state index in [9.17, 15) is 0 Å². The van der Waals surface area contributed by atoms with E-state index in [4.69, 9.17) is 0 Å². The largest absolute Gasteiger partial charge is 0.360 e. The molecule has 0 aliphatic heterocycles. The first-order valence-electron chi connectivity index (χ1n) is 4.96. The average Bonchev–Trinajstić information content (AvgIpc) is 2.54. The third-order valence-electron chi connectivity index (χ3n) is 4.14. The number of hydrogen-bond donors (Lipinski definition) is 1. The number of hydrogen-bond acceptors (Lipinski definition) is 4. The Balaban J connectivity index is 1.90. The van der Waals surface area contributed by atoms with Crippen LogP contribution >= 0.6 is 11.3 Å². The van der Waals surface area contributed by atoms with Crippen LogP contribution < -0.4 is 5.32 Å². The minimum atomic E-state index is 0.449. The van der Waals surface area contributed by atoms with Crippen LogP contribution in [-0.2, 0) is 0 Å². The summed E-state index contributed by atoms with van der Waals surface area (Å²) in [6, 6.07) is 0. The van der Waals surface area contributed by atoms with Gasteiger partial charge in [0.1, 0.15) is 5.51 Å². The van der Waals surface area contributed by atoms with Crippen molar-refractivity contribution in [1.29, 1.82) is 0 Å². The summed E-state index contributed by atoms with van der Waals surface area (Å²) in [6.07, 6.45) is 0. The number of rotatable bonds is 3. The molecule has 1 saturated carbocycles. The lowest BCUT2D eigenvalue weighted by Crippen LogP contribution is -2.07. The first-order valence-corrected chi connectivity index (χ1v) is 5.84. The maximum atomic E-state index is 3.97. The molecular formula is C10H17N3S. The molecule has 0 unspecified atom stereocenters. The van der Waals surface area contributed by atoms with Gasteiger partial charge in [0.25, 0.3) is 0 Å². The molecule has 14 heavy (non-hydrogen) atoms. The zero-order valence-corrected chi connectivity index (χ0v) is 9.98. The van der Waals surface area contributed by atoms with Crippen molar-refractivity contribution >= 4 is 16.5 Å². The molecule has 0 saturated heterocycles. The van der Waals surface area contributed by atoms with Gasteiger partial charge in [0.2, 0.25) is 5.13 Å². The highest BCUT2D eigenvalue weighted by atomic mass is 32.1. The van der Waals surface area contributed by atoms with Crippen LogP contribution in [0.3, 0.4) is 0 Å². The summed E-state index contributed by atoms with van der Waals surface area (Å²) in [6.45, 7) is 10.3. The van der Waals surface area contributed by atoms with E-state index in [0.29, 0.717) is 10.8 Å². The summed E-state index contributed by atoms with van der Waals surface area (Å²) in [7, 11) is 0. The SMILES string of the molecule is CC1(C)C(CNc2nncs2)C1(C)C. The molecule has 0 radical (unpaired) electrons. The van der Waals surface area contributed by atoms with Gasteiger partial charge in [-0.15, -0.1) is 10.2 Å². The highest BCUT2D eigenvalue weighted by molar-refractivity contribution is 7.13. The van der Waals surface area contributed by atoms with Crippen molar-refractivity contribution in [3.63, 3.8) is 0 Å². The van der Waals surface area contributed by atoms with Crippen molar-refractivity contribution in [1.82, 2.24) is 10.2 Å². The monoisotopic (exact) mass is 211 g/mol. The van der Waals surface area contributed by atoms with Gasteiger partial charge in [0, 0.05) is 6.54 Å². The van der Waals surface area contributed by atoms with Gasteiger partial charge in [-0.3, -0.25) is 0 Å². The maximum absolute atomic E-state index is 3.97. The molecule has 3 nitrogen and oxygen atoms in total. The van der Waals surface area contributed by atoms with E-state index in [1.807, 2.05) is 0 Å². The summed E-state index contributed by atoms with van der Waals surface area (Å²) >= 11 is 1.56. The van der Waals surface area contributed by atoms with Crippen molar-refractivity contribution in [2.75, 3.05) is 11.9 Å². The fraction of sp³-hybridized carbons (Fsp3) is 0.800. The van der Waals surface area contributed by atoms with Crippen LogP contribution in [0.2, 0.25) is 0 Å². The van der Waals surface area contributed by atoms with Gasteiger partial charge < -0.3 is 5.32 Å². The summed E-state index contributed by atoms with van der Waals surface area (Å²) < 4.78 is 0. The fourth-order valence-corrected chi connectivity index (χ4v) is 2.74. The van der Waals surface area contributed by atoms with Gasteiger partial charge in [-0.2, -0.15) is 0 Å². The van der Waals surface area contributed by atoms with Crippen molar-refractivity contribution in [2.45, 2.75) is 27.7 Å². The van der Waals surface area contributed by atoms with E-state index < -0.39 is 0 Å². The van der Waals surface area contributed by atoms with Gasteiger partial charge >= 0.3 is 0 Å². The van der Waals surface area contributed by atoms with Gasteiger partial charge in [0.15, 0.2) is 0 Å². The molecule has 0 atom stereocenters. The Morgan fingerprint density at radius 1 is 1.36 bits per heavy atom. The lowest BCUT2D eigenvalue weighted by atomic mass is 10.0. The van der Waals surface area contributed by atoms with Gasteiger partial charge in [-0.25, -0.2) is 0 Å². The molecule has 0 bridgehead atoms. The van der Waals surface area contributed by atoms with E-state index in [1.165, 1.54) is 0 Å². The van der Waals surface area contributed by atoms with Crippen molar-refractivity contribution in [3.8, 4) is 0 Å². The Hall–Kier alpha value is -0.640. The molecule has 1 fully saturated rings. The maximum Gasteiger partial charge on any atom is 0.205 e. The first-order chi connectivity index (χ1) is 6.46. The lowest BCUT2D eigenvalue weighted by molar-refractivity contribution is 0.457. The summed E-state index contributed by atoms with van der Waals surface area (Å²) in [5.74, 6) is 0.735. The fourth-order valence-electron chi connectivity index (χ4n) is 2.28. The van der Waals surface area contributed by atoms with Crippen LogP contribution in [0.5, 0.6) is 0 Å². The van der Waals surface area contributed by atoms with Crippen LogP contribution in [0, 0.1) is 16.7 Å². The topological polar surface area (TPSA) is 37.8 Å². The zero-order valence-electron chi connectivity index (χ0n) is 9.16. The summed E-state index contributed by atoms with van der Waals surface area (Å²) in [5, 5.41) is 12.0. The predicted octanol–water partition coefficient (Wildman–Crippen LogP) is 2.63. The number of nitrogens with zero attached hydrogens (tertiary/aromatic N) is 2. The average molecular weight is 211 g/mol. The summed E-state index contributed by atoms with van der Waals surface area (Å²) in [4.78, 5) is 0. The van der Waals surface area contributed by atoms with Crippen molar-refractivity contribution < 1.29 is 0 Å². The quantitative estimate of drug-likeness (QED) is 0.835. The van der Waals surface area contributed by atoms with Crippen LogP contribution in [0.4, 0.5) is 5.13 Å². The Bertz CT molecular complexity index is 302. The normalized spacial score (nSPS) is 23.4. The second kappa shape index (κ2) is 2.92. The number of anilines is 1. The summed E-state index contributed by atoms with van der Waals surface area (Å²) in [5.41, 5.74) is 2.65. The van der Waals surface area contributed by atoms with Crippen LogP contribution in [0.25, 0.3) is 0 Å². The standard InChI is InChI=1S/C10H17N3S/c1-9(2)7(10(9,3)4)5-11-8-13-12-6-14-8/h6-7H,5H2,1-4H3,(H,11,13). The molecule has 1 aromatic rings. The molecule has 1 aliphatic carbocycles. The molecular weight excluding hydrogens is 194 g/mol. The Kier molecular flexibility index (Phi) is 2.07. The Labute approximate surface area is 88.9 Å². The van der Waals surface area contributed by atoms with E-state index in [1.54, 1.807) is 16.8 Å². The Morgan fingerprint density at radius 3 is 2.43 bits per heavy atom. The van der Waals surface area contributed by atoms with E-state index in [2.05, 4.69) is 43.2 Å². The third-order valence-corrected chi connectivity index (χ3v) is 4.79. The molecule has 1 heterocycles. The van der Waals surface area contributed by atoms with Gasteiger partial charge in [-0.05, 0) is 16.7 Å². The van der Waals surface area contributed by atoms with E-state index >= 15 is 0 Å². The number of nitrogens with one attached hydrogen (secondary N) is 1. The molecule has 78 valence electrons. The molecule has 1 aliphatic rings. The molecule has 0 spiro atoms. The predicted molar refractivity (Wildman–Crippen MR) is 59.5 cm³/mol. The molecule has 1 N–H and O–H groups in total. The lowest BCUT2D eigenvalue weighted by Gasteiger charge is -2.04. The van der Waals surface area contributed by atoms with Crippen molar-refractivity contribution in [2.24, 2.45) is 16.7 Å². The highest BCUT2D eigenvalue weighted by Gasteiger charge is 2.64. The zero-order chi connectivity index (χ0) is 10.4. The van der Waals surface area contributed by atoms with E-state index in [0.717, 1.165) is 17.6 Å². The second-order valence-corrected chi connectivity index (χ2v) is 5.95. The van der Waals surface area contributed by atoms with Gasteiger partial charge in [-0.1, -0.05) is 39.0 Å². The minimum Gasteiger partial charge on any atom is -0.360 e. The van der Waals surface area contributed by atoms with Crippen LogP contribution in [0.1, 0.15) is 27.7 Å². The van der Waals surface area contributed by atoms with Crippen LogP contribution in [-0.4, -0.2) is 16.7 Å². The van der Waals surface area contributed by atoms with Crippen LogP contribution in [0.15, 0.2) is 5.51 Å². The second-order valence-electron chi connectivity index (χ2n) is 5.12. The Morgan fingerprint density at radius 2 is 2.00 bits per heavy atom. The third kappa shape index (κ3) is 1.32. The van der Waals surface area contributed by atoms with E-state index in [-0.39, 0.29) is 0 Å². The minimum absolute atomic E-state index is 0.449. The molecule has 0 aromatic carbocycles. The van der Waals surface area contributed by atoms with Crippen molar-refractivity contribution in [3.05, 3.63) is 5.51 Å². The molecule has 1 aromatic heterocycles. The highest BCUT2D eigenvalue weighted by Crippen LogP contribution is 2.68. The smallest absolute Gasteiger partial charge is 0.205 e. The number of aromatic nitrogens is 2. The van der Waals surface area contributed by atoms with Gasteiger partial charge in [0.05, 0.1) is 0 Å². The molecule has 4 heteroatoms. The first kappa shape index (κ1) is 9.90. The molecule has 2 rings (SSSR count).